The second-order valence-electron chi connectivity index (χ2n) is 7.71. The summed E-state index contributed by atoms with van der Waals surface area (Å²) in [5.41, 5.74) is 3.95. The fourth-order valence-electron chi connectivity index (χ4n) is 4.04. The first kappa shape index (κ1) is 21.3. The number of hydrogen-bond acceptors (Lipinski definition) is 4. The van der Waals surface area contributed by atoms with Crippen LogP contribution in [0, 0.1) is 11.3 Å². The molecule has 0 aliphatic carbocycles. The van der Waals surface area contributed by atoms with Gasteiger partial charge in [-0.25, -0.2) is 4.98 Å². The number of nitrogens with one attached hydrogen (secondary N) is 1. The van der Waals surface area contributed by atoms with E-state index in [4.69, 9.17) is 5.26 Å². The summed E-state index contributed by atoms with van der Waals surface area (Å²) in [4.78, 5) is 36.5. The van der Waals surface area contributed by atoms with E-state index in [1.165, 1.54) is 5.57 Å². The molecule has 0 fully saturated rings. The third-order valence-corrected chi connectivity index (χ3v) is 5.73. The second-order valence-corrected chi connectivity index (χ2v) is 7.71. The number of carbonyl (C=O) groups excluding carboxylic acids is 2. The number of benzene rings is 1. The van der Waals surface area contributed by atoms with Crippen LogP contribution in [-0.2, 0) is 9.59 Å². The SMILES string of the molecule is N#CCCN(C(=O)CCC(=O)N1CC=C(c2c[nH]c3ncccc23)CC1)c1ccccc1. The first-order chi connectivity index (χ1) is 15.7. The van der Waals surface area contributed by atoms with Crippen LogP contribution in [-0.4, -0.2) is 46.3 Å². The molecule has 32 heavy (non-hydrogen) atoms. The van der Waals surface area contributed by atoms with Crippen molar-refractivity contribution in [1.82, 2.24) is 14.9 Å². The molecule has 0 unspecified atom stereocenters. The standard InChI is InChI=1S/C25H25N5O2/c26-13-5-15-30(20-6-2-1-3-7-20)24(32)10-9-23(31)29-16-11-19(12-17-29)22-18-28-25-21(22)8-4-14-27-25/h1-4,6-8,11,14,18H,5,9-10,12,15-17H2,(H,27,28). The predicted molar refractivity (Wildman–Crippen MR) is 124 cm³/mol. The van der Waals surface area contributed by atoms with E-state index < -0.39 is 0 Å². The summed E-state index contributed by atoms with van der Waals surface area (Å²) in [6.07, 6.45) is 7.12. The summed E-state index contributed by atoms with van der Waals surface area (Å²) in [6, 6.07) is 15.3. The van der Waals surface area contributed by atoms with E-state index in [2.05, 4.69) is 22.1 Å². The van der Waals surface area contributed by atoms with Crippen LogP contribution in [0.25, 0.3) is 16.6 Å². The predicted octanol–water partition coefficient (Wildman–Crippen LogP) is 3.91. The van der Waals surface area contributed by atoms with E-state index in [0.29, 0.717) is 19.6 Å². The number of H-pyrrole nitrogens is 1. The van der Waals surface area contributed by atoms with Crippen molar-refractivity contribution in [2.45, 2.75) is 25.7 Å². The highest BCUT2D eigenvalue weighted by Crippen LogP contribution is 2.28. The van der Waals surface area contributed by atoms with Crippen molar-refractivity contribution in [3.05, 3.63) is 66.5 Å². The van der Waals surface area contributed by atoms with Crippen molar-refractivity contribution in [3.8, 4) is 6.07 Å². The molecule has 1 N–H and O–H groups in total. The number of nitriles is 1. The lowest BCUT2D eigenvalue weighted by molar-refractivity contribution is -0.132. The van der Waals surface area contributed by atoms with Gasteiger partial charge < -0.3 is 14.8 Å². The molecular formula is C25H25N5O2. The quantitative estimate of drug-likeness (QED) is 0.619. The summed E-state index contributed by atoms with van der Waals surface area (Å²) in [6.45, 7) is 1.48. The van der Waals surface area contributed by atoms with Crippen LogP contribution in [0.2, 0.25) is 0 Å². The van der Waals surface area contributed by atoms with Gasteiger partial charge in [0.15, 0.2) is 0 Å². The molecule has 0 saturated carbocycles. The minimum Gasteiger partial charge on any atom is -0.346 e. The van der Waals surface area contributed by atoms with Crippen molar-refractivity contribution in [1.29, 1.82) is 5.26 Å². The minimum atomic E-state index is -0.140. The Bertz CT molecular complexity index is 1180. The smallest absolute Gasteiger partial charge is 0.227 e. The first-order valence-electron chi connectivity index (χ1n) is 10.8. The molecule has 0 atom stereocenters. The van der Waals surface area contributed by atoms with Crippen LogP contribution >= 0.6 is 0 Å². The second kappa shape index (κ2) is 9.92. The van der Waals surface area contributed by atoms with Gasteiger partial charge in [0.05, 0.1) is 12.5 Å². The first-order valence-corrected chi connectivity index (χ1v) is 10.8. The number of para-hydroxylation sites is 1. The highest BCUT2D eigenvalue weighted by Gasteiger charge is 2.22. The molecule has 0 bridgehead atoms. The zero-order valence-corrected chi connectivity index (χ0v) is 17.8. The molecule has 1 aromatic carbocycles. The van der Waals surface area contributed by atoms with E-state index >= 15 is 0 Å². The third kappa shape index (κ3) is 4.70. The fraction of sp³-hybridized carbons (Fsp3) is 0.280. The number of aromatic nitrogens is 2. The molecule has 7 nitrogen and oxygen atoms in total. The van der Waals surface area contributed by atoms with E-state index in [1.54, 1.807) is 16.0 Å². The van der Waals surface area contributed by atoms with Gasteiger partial charge in [0, 0.05) is 61.5 Å². The van der Waals surface area contributed by atoms with Crippen LogP contribution in [0.5, 0.6) is 0 Å². The number of hydrogen-bond donors (Lipinski definition) is 1. The number of nitrogens with zero attached hydrogens (tertiary/aromatic N) is 4. The van der Waals surface area contributed by atoms with Gasteiger partial charge in [-0.05, 0) is 36.3 Å². The lowest BCUT2D eigenvalue weighted by Crippen LogP contribution is -2.36. The number of rotatable bonds is 7. The number of anilines is 1. The molecule has 3 heterocycles. The molecule has 4 rings (SSSR count). The van der Waals surface area contributed by atoms with Gasteiger partial charge in [0.2, 0.25) is 11.8 Å². The van der Waals surface area contributed by atoms with E-state index in [-0.39, 0.29) is 31.1 Å². The summed E-state index contributed by atoms with van der Waals surface area (Å²) in [7, 11) is 0. The van der Waals surface area contributed by atoms with Crippen molar-refractivity contribution in [2.24, 2.45) is 0 Å². The van der Waals surface area contributed by atoms with E-state index in [0.717, 1.165) is 28.7 Å². The average Bonchev–Trinajstić information content (AvgIpc) is 3.28. The number of aromatic amines is 1. The largest absolute Gasteiger partial charge is 0.346 e. The molecule has 2 aromatic heterocycles. The summed E-state index contributed by atoms with van der Waals surface area (Å²) in [5.74, 6) is -0.165. The third-order valence-electron chi connectivity index (χ3n) is 5.73. The normalized spacial score (nSPS) is 13.5. The molecule has 3 aromatic rings. The van der Waals surface area contributed by atoms with Crippen LogP contribution < -0.4 is 4.90 Å². The number of pyridine rings is 1. The van der Waals surface area contributed by atoms with Gasteiger partial charge in [-0.15, -0.1) is 0 Å². The van der Waals surface area contributed by atoms with E-state index in [1.807, 2.05) is 48.7 Å². The molecule has 2 amide bonds. The Kier molecular flexibility index (Phi) is 6.61. The Balaban J connectivity index is 1.35. The molecule has 1 aliphatic rings. The van der Waals surface area contributed by atoms with Crippen molar-refractivity contribution in [2.75, 3.05) is 24.5 Å². The van der Waals surface area contributed by atoms with Crippen LogP contribution in [0.4, 0.5) is 5.69 Å². The minimum absolute atomic E-state index is 0.0254. The maximum Gasteiger partial charge on any atom is 0.227 e. The molecule has 0 spiro atoms. The fourth-order valence-corrected chi connectivity index (χ4v) is 4.04. The number of fused-ring (bicyclic) bond motifs is 1. The Hall–Kier alpha value is -3.92. The maximum atomic E-state index is 12.8. The van der Waals surface area contributed by atoms with Crippen molar-refractivity contribution >= 4 is 34.1 Å². The van der Waals surface area contributed by atoms with Crippen LogP contribution in [0.15, 0.2) is 60.9 Å². The van der Waals surface area contributed by atoms with Gasteiger partial charge in [0.1, 0.15) is 5.65 Å². The van der Waals surface area contributed by atoms with Gasteiger partial charge in [-0.1, -0.05) is 24.3 Å². The average molecular weight is 428 g/mol. The molecule has 0 saturated heterocycles. The summed E-state index contributed by atoms with van der Waals surface area (Å²) >= 11 is 0. The van der Waals surface area contributed by atoms with Crippen molar-refractivity contribution < 1.29 is 9.59 Å². The zero-order valence-electron chi connectivity index (χ0n) is 17.8. The molecule has 162 valence electrons. The van der Waals surface area contributed by atoms with Crippen LogP contribution in [0.3, 0.4) is 0 Å². The lowest BCUT2D eigenvalue weighted by atomic mass is 9.99. The topological polar surface area (TPSA) is 93.1 Å². The Morgan fingerprint density at radius 3 is 2.75 bits per heavy atom. The van der Waals surface area contributed by atoms with Crippen LogP contribution in [0.1, 0.15) is 31.2 Å². The molecule has 7 heteroatoms. The van der Waals surface area contributed by atoms with Gasteiger partial charge >= 0.3 is 0 Å². The van der Waals surface area contributed by atoms with E-state index in [9.17, 15) is 9.59 Å². The summed E-state index contributed by atoms with van der Waals surface area (Å²) in [5, 5.41) is 10.0. The highest BCUT2D eigenvalue weighted by atomic mass is 16.2. The monoisotopic (exact) mass is 427 g/mol. The Labute approximate surface area is 187 Å². The lowest BCUT2D eigenvalue weighted by Gasteiger charge is -2.27. The highest BCUT2D eigenvalue weighted by molar-refractivity contribution is 5.96. The maximum absolute atomic E-state index is 12.8. The Morgan fingerprint density at radius 2 is 2.00 bits per heavy atom. The number of amides is 2. The van der Waals surface area contributed by atoms with Crippen molar-refractivity contribution in [3.63, 3.8) is 0 Å². The van der Waals surface area contributed by atoms with Gasteiger partial charge in [-0.2, -0.15) is 5.26 Å². The molecule has 0 radical (unpaired) electrons. The molecule has 1 aliphatic heterocycles. The zero-order chi connectivity index (χ0) is 22.3. The summed E-state index contributed by atoms with van der Waals surface area (Å²) < 4.78 is 0. The molecular weight excluding hydrogens is 402 g/mol. The Morgan fingerprint density at radius 1 is 1.16 bits per heavy atom. The van der Waals surface area contributed by atoms with Gasteiger partial charge in [-0.3, -0.25) is 9.59 Å². The van der Waals surface area contributed by atoms with Gasteiger partial charge in [0.25, 0.3) is 0 Å². The number of carbonyl (C=O) groups is 2.